The van der Waals surface area contributed by atoms with Gasteiger partial charge in [0.25, 0.3) is 0 Å². The van der Waals surface area contributed by atoms with Crippen LogP contribution in [-0.2, 0) is 14.8 Å². The van der Waals surface area contributed by atoms with Crippen LogP contribution in [0.2, 0.25) is 0 Å². The average molecular weight is 302 g/mol. The van der Waals surface area contributed by atoms with Crippen LogP contribution in [0.4, 0.5) is 0 Å². The minimum atomic E-state index is -3.05. The number of hydrogen-bond acceptors (Lipinski definition) is 4. The highest BCUT2D eigenvalue weighted by atomic mass is 32.2. The molecular weight excluding hydrogens is 276 g/mol. The molecule has 20 heavy (non-hydrogen) atoms. The van der Waals surface area contributed by atoms with E-state index in [-0.39, 0.29) is 11.4 Å². The number of likely N-dealkylation sites (tertiary alicyclic amines) is 1. The SMILES string of the molecule is CC(C)N1CC[C@@H]2CN(S(=O)(=O)C3CC3)CCO[C@@H]2C1. The molecule has 3 fully saturated rings. The third-order valence-electron chi connectivity index (χ3n) is 4.87. The number of ether oxygens (including phenoxy) is 1. The van der Waals surface area contributed by atoms with Gasteiger partial charge >= 0.3 is 0 Å². The summed E-state index contributed by atoms with van der Waals surface area (Å²) in [5, 5.41) is -0.102. The van der Waals surface area contributed by atoms with Crippen LogP contribution in [0.3, 0.4) is 0 Å². The molecule has 0 unspecified atom stereocenters. The van der Waals surface area contributed by atoms with Gasteiger partial charge in [-0.2, -0.15) is 4.31 Å². The molecule has 0 aromatic rings. The summed E-state index contributed by atoms with van der Waals surface area (Å²) < 4.78 is 32.5. The van der Waals surface area contributed by atoms with Gasteiger partial charge in [0.2, 0.25) is 10.0 Å². The molecule has 0 radical (unpaired) electrons. The minimum absolute atomic E-state index is 0.102. The Kier molecular flexibility index (Phi) is 4.10. The lowest BCUT2D eigenvalue weighted by atomic mass is 9.93. The molecule has 2 atom stereocenters. The Balaban J connectivity index is 1.68. The van der Waals surface area contributed by atoms with Crippen LogP contribution in [0.1, 0.15) is 33.1 Å². The molecule has 0 bridgehead atoms. The molecule has 2 aliphatic heterocycles. The number of rotatable bonds is 3. The van der Waals surface area contributed by atoms with Crippen LogP contribution in [-0.4, -0.2) is 67.8 Å². The molecule has 0 aromatic carbocycles. The summed E-state index contributed by atoms with van der Waals surface area (Å²) in [6, 6.07) is 0.536. The van der Waals surface area contributed by atoms with E-state index >= 15 is 0 Å². The van der Waals surface area contributed by atoms with Gasteiger partial charge in [0.05, 0.1) is 18.0 Å². The number of piperidine rings is 1. The highest BCUT2D eigenvalue weighted by Gasteiger charge is 2.43. The molecule has 5 nitrogen and oxygen atoms in total. The fourth-order valence-corrected chi connectivity index (χ4v) is 5.20. The van der Waals surface area contributed by atoms with Crippen LogP contribution < -0.4 is 0 Å². The average Bonchev–Trinajstić information content (AvgIpc) is 3.24. The van der Waals surface area contributed by atoms with E-state index in [2.05, 4.69) is 18.7 Å². The Hall–Kier alpha value is -0.170. The first-order valence-corrected chi connectivity index (χ1v) is 9.33. The zero-order chi connectivity index (χ0) is 14.3. The van der Waals surface area contributed by atoms with Crippen molar-refractivity contribution >= 4 is 10.0 Å². The van der Waals surface area contributed by atoms with Crippen molar-refractivity contribution in [3.8, 4) is 0 Å². The highest BCUT2D eigenvalue weighted by Crippen LogP contribution is 2.33. The molecule has 3 aliphatic rings. The molecule has 2 saturated heterocycles. The predicted molar refractivity (Wildman–Crippen MR) is 78.1 cm³/mol. The van der Waals surface area contributed by atoms with Crippen molar-refractivity contribution in [2.75, 3.05) is 32.8 Å². The smallest absolute Gasteiger partial charge is 0.217 e. The van der Waals surface area contributed by atoms with Gasteiger partial charge in [-0.15, -0.1) is 0 Å². The zero-order valence-corrected chi connectivity index (χ0v) is 13.3. The summed E-state index contributed by atoms with van der Waals surface area (Å²) in [6.45, 7) is 8.16. The summed E-state index contributed by atoms with van der Waals surface area (Å²) in [5.41, 5.74) is 0. The van der Waals surface area contributed by atoms with E-state index in [4.69, 9.17) is 4.74 Å². The molecule has 6 heteroatoms. The van der Waals surface area contributed by atoms with Crippen LogP contribution >= 0.6 is 0 Å². The van der Waals surface area contributed by atoms with Gasteiger partial charge < -0.3 is 4.74 Å². The molecule has 0 aromatic heterocycles. The summed E-state index contributed by atoms with van der Waals surface area (Å²) in [5.74, 6) is 0.362. The van der Waals surface area contributed by atoms with Gasteiger partial charge in [0.1, 0.15) is 0 Å². The van der Waals surface area contributed by atoms with Crippen molar-refractivity contribution in [1.29, 1.82) is 0 Å². The third kappa shape index (κ3) is 2.89. The monoisotopic (exact) mass is 302 g/mol. The largest absolute Gasteiger partial charge is 0.375 e. The van der Waals surface area contributed by atoms with Gasteiger partial charge in [0, 0.05) is 31.6 Å². The maximum atomic E-state index is 12.4. The molecule has 0 N–H and O–H groups in total. The molecular formula is C14H26N2O3S. The van der Waals surface area contributed by atoms with E-state index in [9.17, 15) is 8.42 Å². The van der Waals surface area contributed by atoms with Gasteiger partial charge in [-0.05, 0) is 39.7 Å². The predicted octanol–water partition coefficient (Wildman–Crippen LogP) is 0.910. The summed E-state index contributed by atoms with van der Waals surface area (Å²) >= 11 is 0. The highest BCUT2D eigenvalue weighted by molar-refractivity contribution is 7.90. The number of sulfonamides is 1. The molecule has 1 saturated carbocycles. The van der Waals surface area contributed by atoms with Crippen molar-refractivity contribution in [3.63, 3.8) is 0 Å². The third-order valence-corrected chi connectivity index (χ3v) is 7.24. The first-order valence-electron chi connectivity index (χ1n) is 7.83. The standard InChI is InChI=1S/C14H26N2O3S/c1-11(2)15-6-5-12-9-16(7-8-19-14(12)10-15)20(17,18)13-3-4-13/h11-14H,3-10H2,1-2H3/t12-,14-/m1/s1. The Morgan fingerprint density at radius 2 is 1.85 bits per heavy atom. The lowest BCUT2D eigenvalue weighted by molar-refractivity contribution is -0.0298. The minimum Gasteiger partial charge on any atom is -0.375 e. The molecule has 0 spiro atoms. The van der Waals surface area contributed by atoms with Crippen molar-refractivity contribution in [2.45, 2.75) is 50.5 Å². The van der Waals surface area contributed by atoms with Gasteiger partial charge in [-0.3, -0.25) is 4.90 Å². The maximum absolute atomic E-state index is 12.4. The van der Waals surface area contributed by atoms with E-state index in [0.29, 0.717) is 31.7 Å². The lowest BCUT2D eigenvalue weighted by Gasteiger charge is -2.39. The second-order valence-electron chi connectivity index (χ2n) is 6.65. The van der Waals surface area contributed by atoms with Crippen molar-refractivity contribution < 1.29 is 13.2 Å². The molecule has 3 rings (SSSR count). The van der Waals surface area contributed by atoms with Gasteiger partial charge in [-0.1, -0.05) is 0 Å². The first kappa shape index (κ1) is 14.8. The molecule has 0 amide bonds. The van der Waals surface area contributed by atoms with Gasteiger partial charge in [-0.25, -0.2) is 8.42 Å². The quantitative estimate of drug-likeness (QED) is 0.777. The lowest BCUT2D eigenvalue weighted by Crippen LogP contribution is -2.49. The van der Waals surface area contributed by atoms with E-state index < -0.39 is 10.0 Å². The second kappa shape index (κ2) is 5.55. The van der Waals surface area contributed by atoms with E-state index in [1.165, 1.54) is 0 Å². The van der Waals surface area contributed by atoms with Crippen LogP contribution in [0.15, 0.2) is 0 Å². The van der Waals surface area contributed by atoms with Crippen molar-refractivity contribution in [3.05, 3.63) is 0 Å². The Morgan fingerprint density at radius 3 is 2.50 bits per heavy atom. The summed E-state index contributed by atoms with van der Waals surface area (Å²) in [6.07, 6.45) is 2.93. The molecule has 2 heterocycles. The first-order chi connectivity index (χ1) is 9.48. The van der Waals surface area contributed by atoms with Gasteiger partial charge in [0.15, 0.2) is 0 Å². The number of nitrogens with zero attached hydrogens (tertiary/aromatic N) is 2. The fourth-order valence-electron chi connectivity index (χ4n) is 3.32. The van der Waals surface area contributed by atoms with E-state index in [1.54, 1.807) is 4.31 Å². The van der Waals surface area contributed by atoms with Crippen LogP contribution in [0.25, 0.3) is 0 Å². The second-order valence-corrected chi connectivity index (χ2v) is 8.86. The van der Waals surface area contributed by atoms with Crippen molar-refractivity contribution in [2.24, 2.45) is 5.92 Å². The van der Waals surface area contributed by atoms with Crippen LogP contribution in [0.5, 0.6) is 0 Å². The zero-order valence-electron chi connectivity index (χ0n) is 12.5. The Morgan fingerprint density at radius 1 is 1.10 bits per heavy atom. The normalized spacial score (nSPS) is 34.0. The summed E-state index contributed by atoms with van der Waals surface area (Å²) in [4.78, 5) is 2.44. The van der Waals surface area contributed by atoms with E-state index in [1.807, 2.05) is 0 Å². The molecule has 116 valence electrons. The van der Waals surface area contributed by atoms with Crippen LogP contribution in [0, 0.1) is 5.92 Å². The topological polar surface area (TPSA) is 49.9 Å². The number of fused-ring (bicyclic) bond motifs is 1. The fraction of sp³-hybridized carbons (Fsp3) is 1.00. The Bertz CT molecular complexity index is 447. The van der Waals surface area contributed by atoms with E-state index in [0.717, 1.165) is 32.4 Å². The molecule has 1 aliphatic carbocycles. The summed E-state index contributed by atoms with van der Waals surface area (Å²) in [7, 11) is -3.05. The Labute approximate surface area is 122 Å². The maximum Gasteiger partial charge on any atom is 0.217 e. The number of hydrogen-bond donors (Lipinski definition) is 0. The van der Waals surface area contributed by atoms with Crippen molar-refractivity contribution in [1.82, 2.24) is 9.21 Å².